The van der Waals surface area contributed by atoms with Crippen LogP contribution in [0.25, 0.3) is 0 Å². The summed E-state index contributed by atoms with van der Waals surface area (Å²) in [4.78, 5) is 34.5. The van der Waals surface area contributed by atoms with E-state index < -0.39 is 17.4 Å². The van der Waals surface area contributed by atoms with Crippen molar-refractivity contribution in [2.45, 2.75) is 45.8 Å². The summed E-state index contributed by atoms with van der Waals surface area (Å²) in [7, 11) is 0. The topological polar surface area (TPSA) is 139 Å². The van der Waals surface area contributed by atoms with Crippen molar-refractivity contribution in [3.63, 3.8) is 0 Å². The Hall–Kier alpha value is -4.26. The van der Waals surface area contributed by atoms with Gasteiger partial charge in [-0.2, -0.15) is 5.26 Å². The van der Waals surface area contributed by atoms with Crippen LogP contribution in [0.2, 0.25) is 0 Å². The average molecular weight is 462 g/mol. The van der Waals surface area contributed by atoms with Crippen LogP contribution >= 0.6 is 0 Å². The third-order valence-corrected chi connectivity index (χ3v) is 5.90. The Kier molecular flexibility index (Phi) is 6.27. The molecule has 1 aliphatic rings. The smallest absolute Gasteiger partial charge is 0.294 e. The zero-order valence-corrected chi connectivity index (χ0v) is 18.9. The molecule has 0 radical (unpaired) electrons. The number of aromatic nitrogens is 3. The van der Waals surface area contributed by atoms with E-state index in [9.17, 15) is 19.2 Å². The summed E-state index contributed by atoms with van der Waals surface area (Å²) in [5, 5.41) is 15.3. The van der Waals surface area contributed by atoms with Gasteiger partial charge in [0, 0.05) is 24.3 Å². The zero-order valence-electron chi connectivity index (χ0n) is 18.9. The molecule has 9 nitrogen and oxygen atoms in total. The number of anilines is 2. The summed E-state index contributed by atoms with van der Waals surface area (Å²) in [6, 6.07) is 9.35. The van der Waals surface area contributed by atoms with Crippen molar-refractivity contribution in [3.05, 3.63) is 80.3 Å². The van der Waals surface area contributed by atoms with Crippen LogP contribution in [0.1, 0.15) is 46.2 Å². The number of fused-ring (bicyclic) bond motifs is 1. The molecule has 4 N–H and O–H groups in total. The van der Waals surface area contributed by atoms with Crippen molar-refractivity contribution in [2.24, 2.45) is 0 Å². The molecule has 1 aliphatic heterocycles. The van der Waals surface area contributed by atoms with Gasteiger partial charge in [-0.3, -0.25) is 14.2 Å². The molecule has 3 heterocycles. The van der Waals surface area contributed by atoms with Crippen LogP contribution in [0.15, 0.2) is 35.1 Å². The molecule has 1 aromatic carbocycles. The Bertz CT molecular complexity index is 1380. The lowest BCUT2D eigenvalue weighted by Gasteiger charge is -2.17. The number of nitrogens with one attached hydrogen (secondary N) is 2. The molecule has 10 heteroatoms. The highest BCUT2D eigenvalue weighted by molar-refractivity contribution is 5.81. The molecule has 0 saturated heterocycles. The molecule has 174 valence electrons. The number of carbonyl (C=O) groups excluding carboxylic acids is 1. The van der Waals surface area contributed by atoms with Crippen molar-refractivity contribution >= 4 is 17.5 Å². The third kappa shape index (κ3) is 4.45. The number of carbonyl (C=O) groups is 1. The number of nitrogens with two attached hydrogens (primary N) is 1. The quantitative estimate of drug-likeness (QED) is 0.512. The van der Waals surface area contributed by atoms with Crippen molar-refractivity contribution < 1.29 is 9.18 Å². The van der Waals surface area contributed by atoms with Gasteiger partial charge in [0.25, 0.3) is 5.56 Å². The minimum atomic E-state index is -0.782. The molecule has 0 bridgehead atoms. The minimum absolute atomic E-state index is 0.0141. The van der Waals surface area contributed by atoms with Crippen molar-refractivity contribution in [3.8, 4) is 6.07 Å². The fourth-order valence-electron chi connectivity index (χ4n) is 4.11. The Morgan fingerprint density at radius 2 is 2.03 bits per heavy atom. The second-order valence-electron chi connectivity index (χ2n) is 8.24. The van der Waals surface area contributed by atoms with Crippen LogP contribution in [-0.4, -0.2) is 20.4 Å². The largest absolute Gasteiger partial charge is 0.384 e. The number of hydrogen-bond donors (Lipinski definition) is 3. The summed E-state index contributed by atoms with van der Waals surface area (Å²) in [5.74, 6) is -0.460. The van der Waals surface area contributed by atoms with E-state index in [4.69, 9.17) is 5.73 Å². The number of nitrogen functional groups attached to an aromatic ring is 1. The first-order valence-electron chi connectivity index (χ1n) is 10.8. The monoisotopic (exact) mass is 461 g/mol. The van der Waals surface area contributed by atoms with Crippen molar-refractivity contribution in [2.75, 3.05) is 11.1 Å². The number of nitriles is 1. The highest BCUT2D eigenvalue weighted by Gasteiger charge is 2.33. The van der Waals surface area contributed by atoms with E-state index in [0.29, 0.717) is 35.6 Å². The standard InChI is InChI=1S/C24H24FN7O2/c1-13-3-5-17(25)16(9-13)12-28-22-24(34)32-19(18(10-26)31-22)6-7-20(32)23(33)29-11-15-4-8-21(27)30-14(15)2/h3-5,8-9,20H,6-7,11-12H2,1-2H3,(H2,27,30)(H,28,31)(H,29,33)/t20-/m0/s1. The lowest BCUT2D eigenvalue weighted by atomic mass is 10.1. The van der Waals surface area contributed by atoms with Crippen LogP contribution in [0.5, 0.6) is 0 Å². The molecule has 0 unspecified atom stereocenters. The second-order valence-corrected chi connectivity index (χ2v) is 8.24. The highest BCUT2D eigenvalue weighted by Crippen LogP contribution is 2.27. The molecule has 0 fully saturated rings. The predicted octanol–water partition coefficient (Wildman–Crippen LogP) is 2.26. The fourth-order valence-corrected chi connectivity index (χ4v) is 4.11. The molecule has 2 aromatic heterocycles. The summed E-state index contributed by atoms with van der Waals surface area (Å²) in [6.45, 7) is 3.88. The van der Waals surface area contributed by atoms with Gasteiger partial charge in [0.15, 0.2) is 11.5 Å². The lowest BCUT2D eigenvalue weighted by Crippen LogP contribution is -2.37. The van der Waals surface area contributed by atoms with Gasteiger partial charge in [0.2, 0.25) is 5.91 Å². The van der Waals surface area contributed by atoms with E-state index in [1.807, 2.05) is 13.0 Å². The number of pyridine rings is 1. The molecular formula is C24H24FN7O2. The first-order chi connectivity index (χ1) is 16.3. The maximum absolute atomic E-state index is 14.1. The fraction of sp³-hybridized carbons (Fsp3) is 0.292. The Labute approximate surface area is 195 Å². The van der Waals surface area contributed by atoms with Gasteiger partial charge in [-0.15, -0.1) is 0 Å². The molecule has 1 atom stereocenters. The number of hydrogen-bond acceptors (Lipinski definition) is 7. The number of benzene rings is 1. The molecule has 4 rings (SSSR count). The highest BCUT2D eigenvalue weighted by atomic mass is 19.1. The van der Waals surface area contributed by atoms with Crippen molar-refractivity contribution in [1.29, 1.82) is 5.26 Å². The maximum atomic E-state index is 14.1. The number of aryl methyl sites for hydroxylation is 2. The van der Waals surface area contributed by atoms with E-state index in [-0.39, 0.29) is 30.5 Å². The van der Waals surface area contributed by atoms with Gasteiger partial charge < -0.3 is 16.4 Å². The van der Waals surface area contributed by atoms with E-state index >= 15 is 0 Å². The van der Waals surface area contributed by atoms with Gasteiger partial charge in [0.05, 0.1) is 5.69 Å². The zero-order chi connectivity index (χ0) is 24.4. The number of nitrogens with zero attached hydrogens (tertiary/aromatic N) is 4. The molecule has 34 heavy (non-hydrogen) atoms. The Morgan fingerprint density at radius 3 is 2.76 bits per heavy atom. The van der Waals surface area contributed by atoms with E-state index in [2.05, 4.69) is 20.6 Å². The third-order valence-electron chi connectivity index (χ3n) is 5.90. The van der Waals surface area contributed by atoms with E-state index in [0.717, 1.165) is 11.1 Å². The van der Waals surface area contributed by atoms with Gasteiger partial charge in [-0.05, 0) is 44.4 Å². The first-order valence-corrected chi connectivity index (χ1v) is 10.8. The van der Waals surface area contributed by atoms with Gasteiger partial charge in [-0.25, -0.2) is 14.4 Å². The molecule has 3 aromatic rings. The maximum Gasteiger partial charge on any atom is 0.294 e. The van der Waals surface area contributed by atoms with E-state index in [1.54, 1.807) is 31.2 Å². The Balaban J connectivity index is 1.58. The average Bonchev–Trinajstić information content (AvgIpc) is 3.26. The van der Waals surface area contributed by atoms with Crippen LogP contribution in [0.4, 0.5) is 16.0 Å². The van der Waals surface area contributed by atoms with Gasteiger partial charge in [0.1, 0.15) is 23.7 Å². The van der Waals surface area contributed by atoms with Crippen LogP contribution in [-0.2, 0) is 24.3 Å². The SMILES string of the molecule is Cc1ccc(F)c(CNc2nc(C#N)c3n(c2=O)[C@H](C(=O)NCc2ccc(N)nc2C)CC3)c1. The number of amides is 1. The van der Waals surface area contributed by atoms with Crippen LogP contribution in [0.3, 0.4) is 0 Å². The molecule has 0 spiro atoms. The first kappa shape index (κ1) is 22.9. The van der Waals surface area contributed by atoms with Gasteiger partial charge in [-0.1, -0.05) is 23.8 Å². The summed E-state index contributed by atoms with van der Waals surface area (Å²) < 4.78 is 15.4. The number of halogens is 1. The molecular weight excluding hydrogens is 437 g/mol. The van der Waals surface area contributed by atoms with Crippen molar-refractivity contribution in [1.82, 2.24) is 19.9 Å². The molecule has 0 saturated carbocycles. The lowest BCUT2D eigenvalue weighted by molar-refractivity contribution is -0.124. The van der Waals surface area contributed by atoms with E-state index in [1.165, 1.54) is 10.6 Å². The minimum Gasteiger partial charge on any atom is -0.384 e. The van der Waals surface area contributed by atoms with Crippen LogP contribution in [0, 0.1) is 31.0 Å². The summed E-state index contributed by atoms with van der Waals surface area (Å²) in [6.07, 6.45) is 0.741. The number of rotatable bonds is 6. The summed E-state index contributed by atoms with van der Waals surface area (Å²) >= 11 is 0. The Morgan fingerprint density at radius 1 is 1.24 bits per heavy atom. The van der Waals surface area contributed by atoms with Gasteiger partial charge >= 0.3 is 0 Å². The predicted molar refractivity (Wildman–Crippen MR) is 124 cm³/mol. The normalized spacial score (nSPS) is 14.4. The van der Waals surface area contributed by atoms with Crippen LogP contribution < -0.4 is 21.9 Å². The molecule has 0 aliphatic carbocycles. The second kappa shape index (κ2) is 9.31. The summed E-state index contributed by atoms with van der Waals surface area (Å²) in [5.41, 5.74) is 8.40. The molecule has 1 amide bonds.